The van der Waals surface area contributed by atoms with Crippen LogP contribution in [0.2, 0.25) is 5.02 Å². The third kappa shape index (κ3) is 6.22. The number of carbonyl (C=O) groups excluding carboxylic acids is 2. The molecule has 1 aromatic carbocycles. The number of rotatable bonds is 7. The molecule has 19 heavy (non-hydrogen) atoms. The second kappa shape index (κ2) is 8.50. The van der Waals surface area contributed by atoms with Crippen LogP contribution in [0, 0.1) is 0 Å². The molecule has 0 saturated carbocycles. The third-order valence-electron chi connectivity index (χ3n) is 2.42. The van der Waals surface area contributed by atoms with Gasteiger partial charge in [-0.15, -0.1) is 0 Å². The van der Waals surface area contributed by atoms with Crippen molar-refractivity contribution in [3.8, 4) is 0 Å². The topological polar surface area (TPSA) is 67.4 Å². The molecule has 0 aliphatic carbocycles. The molecule has 0 spiro atoms. The van der Waals surface area contributed by atoms with Gasteiger partial charge in [0.15, 0.2) is 0 Å². The predicted molar refractivity (Wildman–Crippen MR) is 72.3 cm³/mol. The molecule has 1 amide bonds. The number of hydrogen-bond donors (Lipinski definition) is 2. The molecule has 1 aromatic rings. The lowest BCUT2D eigenvalue weighted by atomic mass is 10.2. The maximum absolute atomic E-state index is 11.6. The Hall–Kier alpha value is -1.59. The van der Waals surface area contributed by atoms with Gasteiger partial charge in [0, 0.05) is 17.0 Å². The summed E-state index contributed by atoms with van der Waals surface area (Å²) in [5, 5.41) is 0.548. The Morgan fingerprint density at radius 1 is 1.21 bits per heavy atom. The average molecular weight is 285 g/mol. The van der Waals surface area contributed by atoms with Gasteiger partial charge in [0.1, 0.15) is 0 Å². The predicted octanol–water partition coefficient (Wildman–Crippen LogP) is 2.61. The fourth-order valence-corrected chi connectivity index (χ4v) is 1.50. The summed E-state index contributed by atoms with van der Waals surface area (Å²) in [6, 6.07) is 6.35. The van der Waals surface area contributed by atoms with Crippen LogP contribution >= 0.6 is 11.6 Å². The van der Waals surface area contributed by atoms with E-state index in [-0.39, 0.29) is 0 Å². The van der Waals surface area contributed by atoms with Crippen LogP contribution in [0.4, 0.5) is 0 Å². The van der Waals surface area contributed by atoms with Crippen molar-refractivity contribution in [2.45, 2.75) is 32.6 Å². The number of benzene rings is 1. The Bertz CT molecular complexity index is 420. The fourth-order valence-electron chi connectivity index (χ4n) is 1.37. The Balaban J connectivity index is 2.23. The Labute approximate surface area is 117 Å². The molecular formula is C13H17ClN2O3. The molecule has 0 aliphatic heterocycles. The van der Waals surface area contributed by atoms with E-state index < -0.39 is 11.9 Å². The molecule has 0 atom stereocenters. The van der Waals surface area contributed by atoms with E-state index in [1.807, 2.05) is 0 Å². The Morgan fingerprint density at radius 2 is 1.89 bits per heavy atom. The van der Waals surface area contributed by atoms with Gasteiger partial charge in [-0.2, -0.15) is 0 Å². The first-order valence-corrected chi connectivity index (χ1v) is 6.52. The third-order valence-corrected chi connectivity index (χ3v) is 2.67. The minimum Gasteiger partial charge on any atom is -0.351 e. The summed E-state index contributed by atoms with van der Waals surface area (Å²) >= 11 is 5.71. The molecule has 5 nitrogen and oxygen atoms in total. The van der Waals surface area contributed by atoms with Gasteiger partial charge in [-0.25, -0.2) is 0 Å². The number of amides is 1. The minimum atomic E-state index is -0.405. The van der Waals surface area contributed by atoms with Gasteiger partial charge in [-0.1, -0.05) is 37.0 Å². The first-order chi connectivity index (χ1) is 9.13. The van der Waals surface area contributed by atoms with Crippen LogP contribution in [-0.4, -0.2) is 11.9 Å². The molecule has 0 aromatic heterocycles. The van der Waals surface area contributed by atoms with Gasteiger partial charge in [0.05, 0.1) is 0 Å². The smallest absolute Gasteiger partial charge is 0.327 e. The molecular weight excluding hydrogens is 268 g/mol. The Morgan fingerprint density at radius 3 is 2.53 bits per heavy atom. The average Bonchev–Trinajstić information content (AvgIpc) is 2.39. The van der Waals surface area contributed by atoms with Crippen LogP contribution in [0.3, 0.4) is 0 Å². The van der Waals surface area contributed by atoms with E-state index in [1.54, 1.807) is 24.3 Å². The van der Waals surface area contributed by atoms with E-state index in [0.717, 1.165) is 19.3 Å². The zero-order valence-corrected chi connectivity index (χ0v) is 11.5. The first kappa shape index (κ1) is 15.5. The normalized spacial score (nSPS) is 10.0. The summed E-state index contributed by atoms with van der Waals surface area (Å²) in [5.74, 6) is -0.803. The largest absolute Gasteiger partial charge is 0.351 e. The molecule has 0 unspecified atom stereocenters. The quantitative estimate of drug-likeness (QED) is 0.597. The zero-order chi connectivity index (χ0) is 14.1. The fraction of sp³-hybridized carbons (Fsp3) is 0.385. The molecule has 104 valence electrons. The van der Waals surface area contributed by atoms with Crippen LogP contribution in [0.1, 0.15) is 43.0 Å². The molecule has 0 fully saturated rings. The standard InChI is InChI=1S/C13H17ClN2O3/c1-2-3-4-5-12(17)19-16-15-13(18)10-6-8-11(14)9-7-10/h6-9,16H,2-5H2,1H3,(H,15,18). The molecule has 0 saturated heterocycles. The summed E-state index contributed by atoms with van der Waals surface area (Å²) in [4.78, 5) is 27.5. The van der Waals surface area contributed by atoms with Crippen molar-refractivity contribution >= 4 is 23.5 Å². The van der Waals surface area contributed by atoms with E-state index >= 15 is 0 Å². The van der Waals surface area contributed by atoms with Gasteiger partial charge in [-0.05, 0) is 30.7 Å². The molecule has 0 bridgehead atoms. The number of hydrogen-bond acceptors (Lipinski definition) is 4. The van der Waals surface area contributed by atoms with E-state index in [4.69, 9.17) is 11.6 Å². The highest BCUT2D eigenvalue weighted by molar-refractivity contribution is 6.30. The van der Waals surface area contributed by atoms with Crippen LogP contribution in [0.25, 0.3) is 0 Å². The highest BCUT2D eigenvalue weighted by atomic mass is 35.5. The van der Waals surface area contributed by atoms with Gasteiger partial charge in [0.2, 0.25) is 0 Å². The van der Waals surface area contributed by atoms with Crippen molar-refractivity contribution < 1.29 is 14.4 Å². The molecule has 0 aliphatic rings. The number of halogens is 1. The first-order valence-electron chi connectivity index (χ1n) is 6.14. The van der Waals surface area contributed by atoms with Crippen molar-refractivity contribution in [1.29, 1.82) is 0 Å². The molecule has 2 N–H and O–H groups in total. The van der Waals surface area contributed by atoms with Gasteiger partial charge in [-0.3, -0.25) is 15.0 Å². The van der Waals surface area contributed by atoms with E-state index in [1.165, 1.54) is 0 Å². The second-order valence-corrected chi connectivity index (χ2v) is 4.43. The molecule has 1 rings (SSSR count). The summed E-state index contributed by atoms with van der Waals surface area (Å²) in [6.45, 7) is 2.05. The van der Waals surface area contributed by atoms with Crippen molar-refractivity contribution in [3.63, 3.8) is 0 Å². The zero-order valence-electron chi connectivity index (χ0n) is 10.7. The lowest BCUT2D eigenvalue weighted by Gasteiger charge is -2.07. The van der Waals surface area contributed by atoms with Crippen LogP contribution in [0.5, 0.6) is 0 Å². The highest BCUT2D eigenvalue weighted by Gasteiger charge is 2.06. The van der Waals surface area contributed by atoms with Crippen LogP contribution < -0.4 is 11.0 Å². The number of hydrazine groups is 1. The molecule has 0 radical (unpaired) electrons. The van der Waals surface area contributed by atoms with Crippen LogP contribution in [-0.2, 0) is 9.63 Å². The van der Waals surface area contributed by atoms with Crippen molar-refractivity contribution in [2.75, 3.05) is 0 Å². The van der Waals surface area contributed by atoms with E-state index in [9.17, 15) is 9.59 Å². The number of unbranched alkanes of at least 4 members (excludes halogenated alkanes) is 2. The summed E-state index contributed by atoms with van der Waals surface area (Å²) < 4.78 is 0. The van der Waals surface area contributed by atoms with Gasteiger partial charge < -0.3 is 4.84 Å². The van der Waals surface area contributed by atoms with E-state index in [0.29, 0.717) is 17.0 Å². The van der Waals surface area contributed by atoms with Gasteiger partial charge >= 0.3 is 5.97 Å². The maximum Gasteiger partial charge on any atom is 0.327 e. The van der Waals surface area contributed by atoms with Crippen LogP contribution in [0.15, 0.2) is 24.3 Å². The summed E-state index contributed by atoms with van der Waals surface area (Å²) in [6.07, 6.45) is 3.13. The van der Waals surface area contributed by atoms with Crippen molar-refractivity contribution in [1.82, 2.24) is 11.0 Å². The summed E-state index contributed by atoms with van der Waals surface area (Å²) in [5.41, 5.74) is 4.82. The maximum atomic E-state index is 11.6. The lowest BCUT2D eigenvalue weighted by molar-refractivity contribution is -0.153. The minimum absolute atomic E-state index is 0.331. The number of nitrogens with one attached hydrogen (secondary N) is 2. The lowest BCUT2D eigenvalue weighted by Crippen LogP contribution is -2.38. The number of carbonyl (C=O) groups is 2. The van der Waals surface area contributed by atoms with Crippen molar-refractivity contribution in [3.05, 3.63) is 34.9 Å². The molecule has 0 heterocycles. The van der Waals surface area contributed by atoms with Crippen molar-refractivity contribution in [2.24, 2.45) is 0 Å². The van der Waals surface area contributed by atoms with E-state index in [2.05, 4.69) is 22.8 Å². The Kier molecular flexibility index (Phi) is 6.92. The summed E-state index contributed by atoms with van der Waals surface area (Å²) in [7, 11) is 0. The highest BCUT2D eigenvalue weighted by Crippen LogP contribution is 2.08. The molecule has 6 heteroatoms. The van der Waals surface area contributed by atoms with Gasteiger partial charge in [0.25, 0.3) is 5.91 Å². The monoisotopic (exact) mass is 284 g/mol. The SMILES string of the molecule is CCCCCC(=O)ONNC(=O)c1ccc(Cl)cc1. The second-order valence-electron chi connectivity index (χ2n) is 3.99.